The molecule has 126 valence electrons. The predicted molar refractivity (Wildman–Crippen MR) is 107 cm³/mol. The number of amidine groups is 1. The molecule has 0 radical (unpaired) electrons. The number of halogens is 2. The van der Waals surface area contributed by atoms with Gasteiger partial charge in [-0.25, -0.2) is 15.0 Å². The molecular formula is C16H17Cl2N5S. The Kier molecular flexibility index (Phi) is 6.29. The molecule has 5 nitrogen and oxygen atoms in total. The van der Waals surface area contributed by atoms with Crippen molar-refractivity contribution in [1.82, 2.24) is 0 Å². The molecular weight excluding hydrogens is 365 g/mol. The molecule has 0 N–H and O–H groups in total. The van der Waals surface area contributed by atoms with Crippen LogP contribution in [0.25, 0.3) is 0 Å². The average molecular weight is 382 g/mol. The van der Waals surface area contributed by atoms with Gasteiger partial charge in [-0.15, -0.1) is 35.0 Å². The third kappa shape index (κ3) is 4.18. The van der Waals surface area contributed by atoms with Crippen LogP contribution in [0, 0.1) is 0 Å². The number of alkyl halides is 2. The quantitative estimate of drug-likeness (QED) is 0.679. The van der Waals surface area contributed by atoms with Crippen LogP contribution in [-0.2, 0) is 5.75 Å². The summed E-state index contributed by atoms with van der Waals surface area (Å²) in [5, 5.41) is 0.937. The van der Waals surface area contributed by atoms with Crippen LogP contribution >= 0.6 is 35.0 Å². The van der Waals surface area contributed by atoms with E-state index in [2.05, 4.69) is 49.1 Å². The maximum Gasteiger partial charge on any atom is 0.163 e. The number of thioether (sulfide) groups is 1. The monoisotopic (exact) mass is 381 g/mol. The summed E-state index contributed by atoms with van der Waals surface area (Å²) in [6.07, 6.45) is 3.10. The van der Waals surface area contributed by atoms with Crippen LogP contribution in [0.4, 0.5) is 5.69 Å². The lowest BCUT2D eigenvalue weighted by Gasteiger charge is -2.23. The van der Waals surface area contributed by atoms with E-state index in [4.69, 9.17) is 23.2 Å². The SMILES string of the molecule is ClCCN(CCCl)c1ccc(CSC2=NC=NC3=NC=NC32)cc1. The van der Waals surface area contributed by atoms with Gasteiger partial charge in [0.2, 0.25) is 0 Å². The standard InChI is InChI=1S/C16H17Cl2N5S/c17-5-7-23(8-6-18)13-3-1-12(2-4-13)9-24-16-14-15(20-10-19-14)21-11-22-16/h1-4,10-11,14H,5-9H2. The van der Waals surface area contributed by atoms with E-state index in [-0.39, 0.29) is 6.04 Å². The fourth-order valence-electron chi connectivity index (χ4n) is 2.44. The minimum Gasteiger partial charge on any atom is -0.369 e. The molecule has 0 spiro atoms. The zero-order valence-corrected chi connectivity index (χ0v) is 15.3. The molecule has 0 fully saturated rings. The molecule has 1 atom stereocenters. The highest BCUT2D eigenvalue weighted by Crippen LogP contribution is 2.23. The van der Waals surface area contributed by atoms with E-state index in [0.717, 1.165) is 35.4 Å². The zero-order chi connectivity index (χ0) is 16.8. The number of rotatable bonds is 7. The van der Waals surface area contributed by atoms with Crippen LogP contribution in [0.1, 0.15) is 5.56 Å². The first-order valence-electron chi connectivity index (χ1n) is 7.60. The molecule has 3 rings (SSSR count). The third-order valence-electron chi connectivity index (χ3n) is 3.66. The van der Waals surface area contributed by atoms with Gasteiger partial charge >= 0.3 is 0 Å². The first-order valence-corrected chi connectivity index (χ1v) is 9.65. The van der Waals surface area contributed by atoms with Gasteiger partial charge in [0.15, 0.2) is 11.9 Å². The molecule has 1 aromatic carbocycles. The molecule has 24 heavy (non-hydrogen) atoms. The molecule has 8 heteroatoms. The number of benzene rings is 1. The van der Waals surface area contributed by atoms with Crippen LogP contribution in [0.15, 0.2) is 44.2 Å². The molecule has 0 saturated carbocycles. The van der Waals surface area contributed by atoms with E-state index >= 15 is 0 Å². The topological polar surface area (TPSA) is 52.7 Å². The minimum absolute atomic E-state index is 0.123. The summed E-state index contributed by atoms with van der Waals surface area (Å²) in [7, 11) is 0. The van der Waals surface area contributed by atoms with Gasteiger partial charge in [-0.2, -0.15) is 0 Å². The first kappa shape index (κ1) is 17.5. The Hall–Kier alpha value is -1.37. The maximum atomic E-state index is 5.86. The summed E-state index contributed by atoms with van der Waals surface area (Å²) < 4.78 is 0. The molecule has 2 aliphatic heterocycles. The summed E-state index contributed by atoms with van der Waals surface area (Å²) in [6.45, 7) is 1.58. The van der Waals surface area contributed by atoms with E-state index < -0.39 is 0 Å². The van der Waals surface area contributed by atoms with Crippen molar-refractivity contribution in [3.63, 3.8) is 0 Å². The first-order chi connectivity index (χ1) is 11.8. The summed E-state index contributed by atoms with van der Waals surface area (Å²) in [6, 6.07) is 8.35. The zero-order valence-electron chi connectivity index (χ0n) is 13.0. The van der Waals surface area contributed by atoms with E-state index in [0.29, 0.717) is 11.8 Å². The van der Waals surface area contributed by atoms with Crippen LogP contribution in [0.3, 0.4) is 0 Å². The van der Waals surface area contributed by atoms with E-state index in [1.165, 1.54) is 5.56 Å². The number of fused-ring (bicyclic) bond motifs is 1. The van der Waals surface area contributed by atoms with Crippen LogP contribution in [0.2, 0.25) is 0 Å². The number of nitrogens with zero attached hydrogens (tertiary/aromatic N) is 5. The summed E-state index contributed by atoms with van der Waals surface area (Å²) in [4.78, 5) is 19.1. The Morgan fingerprint density at radius 1 is 1.00 bits per heavy atom. The second-order valence-corrected chi connectivity index (χ2v) is 6.94. The number of aliphatic imine (C=N–C) groups is 4. The molecule has 2 heterocycles. The second-order valence-electron chi connectivity index (χ2n) is 5.19. The van der Waals surface area contributed by atoms with Crippen molar-refractivity contribution in [2.24, 2.45) is 20.0 Å². The Balaban J connectivity index is 1.60. The fraction of sp³-hybridized carbons (Fsp3) is 0.375. The summed E-state index contributed by atoms with van der Waals surface area (Å²) in [5.41, 5.74) is 2.37. The summed E-state index contributed by atoms with van der Waals surface area (Å²) >= 11 is 13.4. The van der Waals surface area contributed by atoms with Crippen molar-refractivity contribution >= 4 is 64.2 Å². The molecule has 1 aromatic rings. The Morgan fingerprint density at radius 3 is 2.46 bits per heavy atom. The minimum atomic E-state index is -0.123. The molecule has 1 unspecified atom stereocenters. The van der Waals surface area contributed by atoms with Crippen LogP contribution < -0.4 is 4.90 Å². The number of hydrogen-bond acceptors (Lipinski definition) is 6. The molecule has 0 saturated heterocycles. The molecule has 0 bridgehead atoms. The average Bonchev–Trinajstić information content (AvgIpc) is 3.09. The molecule has 2 aliphatic rings. The van der Waals surface area contributed by atoms with Gasteiger partial charge in [0, 0.05) is 36.3 Å². The smallest absolute Gasteiger partial charge is 0.163 e. The second kappa shape index (κ2) is 8.65. The maximum absolute atomic E-state index is 5.86. The van der Waals surface area contributed by atoms with Gasteiger partial charge in [-0.3, -0.25) is 4.99 Å². The predicted octanol–water partition coefficient (Wildman–Crippen LogP) is 3.45. The highest BCUT2D eigenvalue weighted by molar-refractivity contribution is 8.13. The van der Waals surface area contributed by atoms with Crippen LogP contribution in [0.5, 0.6) is 0 Å². The highest BCUT2D eigenvalue weighted by Gasteiger charge is 2.26. The number of anilines is 1. The van der Waals surface area contributed by atoms with Gasteiger partial charge in [-0.1, -0.05) is 12.1 Å². The molecule has 0 amide bonds. The van der Waals surface area contributed by atoms with Gasteiger partial charge in [0.25, 0.3) is 0 Å². The lowest BCUT2D eigenvalue weighted by molar-refractivity contribution is 0.873. The lowest BCUT2D eigenvalue weighted by atomic mass is 10.2. The Bertz CT molecular complexity index is 678. The highest BCUT2D eigenvalue weighted by atomic mass is 35.5. The largest absolute Gasteiger partial charge is 0.369 e. The van der Waals surface area contributed by atoms with Gasteiger partial charge in [0.1, 0.15) is 17.7 Å². The van der Waals surface area contributed by atoms with Crippen LogP contribution in [-0.4, -0.2) is 54.4 Å². The Morgan fingerprint density at radius 2 is 1.75 bits per heavy atom. The van der Waals surface area contributed by atoms with Gasteiger partial charge < -0.3 is 4.90 Å². The van der Waals surface area contributed by atoms with Gasteiger partial charge in [-0.05, 0) is 17.7 Å². The van der Waals surface area contributed by atoms with Crippen molar-refractivity contribution in [1.29, 1.82) is 0 Å². The number of hydrogen-bond donors (Lipinski definition) is 0. The fourth-order valence-corrected chi connectivity index (χ4v) is 3.80. The van der Waals surface area contributed by atoms with Crippen molar-refractivity contribution in [3.8, 4) is 0 Å². The van der Waals surface area contributed by atoms with Gasteiger partial charge in [0.05, 0.1) is 0 Å². The normalized spacial score (nSPS) is 18.3. The van der Waals surface area contributed by atoms with E-state index in [1.54, 1.807) is 24.4 Å². The molecule has 0 aromatic heterocycles. The van der Waals surface area contributed by atoms with Crippen molar-refractivity contribution in [3.05, 3.63) is 29.8 Å². The van der Waals surface area contributed by atoms with E-state index in [9.17, 15) is 0 Å². The lowest BCUT2D eigenvalue weighted by Crippen LogP contribution is -2.27. The van der Waals surface area contributed by atoms with Crippen molar-refractivity contribution < 1.29 is 0 Å². The summed E-state index contributed by atoms with van der Waals surface area (Å²) in [5.74, 6) is 2.72. The van der Waals surface area contributed by atoms with Crippen molar-refractivity contribution in [2.75, 3.05) is 29.7 Å². The van der Waals surface area contributed by atoms with E-state index in [1.807, 2.05) is 0 Å². The molecule has 0 aliphatic carbocycles. The third-order valence-corrected chi connectivity index (χ3v) is 5.10. The van der Waals surface area contributed by atoms with Crippen molar-refractivity contribution in [2.45, 2.75) is 11.8 Å². The Labute approximate surface area is 155 Å².